The van der Waals surface area contributed by atoms with Crippen molar-refractivity contribution in [2.45, 2.75) is 392 Å². The molecule has 0 radical (unpaired) electrons. The number of amides is 1. The molecule has 0 aliphatic carbocycles. The Morgan fingerprint density at radius 1 is 0.370 bits per heavy atom. The van der Waals surface area contributed by atoms with E-state index < -0.39 is 12.1 Å². The van der Waals surface area contributed by atoms with E-state index >= 15 is 0 Å². The number of unbranched alkanes of at least 4 members (excludes halogenated alkanes) is 50. The summed E-state index contributed by atoms with van der Waals surface area (Å²) in [7, 11) is 0. The number of esters is 1. The Bertz CT molecular complexity index is 1100. The van der Waals surface area contributed by atoms with Crippen LogP contribution < -0.4 is 5.32 Å². The molecule has 0 fully saturated rings. The van der Waals surface area contributed by atoms with Gasteiger partial charge in [-0.25, -0.2) is 0 Å². The summed E-state index contributed by atoms with van der Waals surface area (Å²) in [5, 5.41) is 23.2. The average Bonchev–Trinajstić information content (AvgIpc) is 3.39. The number of allylic oxidation sites excluding steroid dienone is 2. The van der Waals surface area contributed by atoms with E-state index in [2.05, 4.69) is 31.3 Å². The number of aliphatic hydroxyl groups excluding tert-OH is 2. The zero-order chi connectivity index (χ0) is 52.9. The second-order valence-electron chi connectivity index (χ2n) is 23.2. The van der Waals surface area contributed by atoms with Crippen molar-refractivity contribution in [3.8, 4) is 0 Å². The predicted octanol–water partition coefficient (Wildman–Crippen LogP) is 21.2. The number of carbonyl (C=O) groups excluding carboxylic acids is 2. The molecule has 3 N–H and O–H groups in total. The summed E-state index contributed by atoms with van der Waals surface area (Å²) in [4.78, 5) is 24.5. The van der Waals surface area contributed by atoms with Crippen molar-refractivity contribution in [2.24, 2.45) is 0 Å². The number of hydrogen-bond donors (Lipinski definition) is 3. The van der Waals surface area contributed by atoms with Crippen molar-refractivity contribution in [1.29, 1.82) is 0 Å². The van der Waals surface area contributed by atoms with E-state index in [-0.39, 0.29) is 18.5 Å². The maximum atomic E-state index is 12.5. The molecule has 0 saturated carbocycles. The summed E-state index contributed by atoms with van der Waals surface area (Å²) in [5.41, 5.74) is 0. The largest absolute Gasteiger partial charge is 0.466 e. The minimum atomic E-state index is -0.661. The first-order chi connectivity index (χ1) is 36.0. The van der Waals surface area contributed by atoms with Crippen LogP contribution in [0.25, 0.3) is 0 Å². The highest BCUT2D eigenvalue weighted by Gasteiger charge is 2.20. The van der Waals surface area contributed by atoms with Gasteiger partial charge >= 0.3 is 5.97 Å². The third kappa shape index (κ3) is 59.7. The lowest BCUT2D eigenvalue weighted by molar-refractivity contribution is -0.143. The molecular formula is C67H131NO5. The second kappa shape index (κ2) is 63.1. The third-order valence-corrected chi connectivity index (χ3v) is 15.8. The number of aliphatic hydroxyl groups is 2. The number of rotatable bonds is 63. The van der Waals surface area contributed by atoms with Crippen molar-refractivity contribution in [3.63, 3.8) is 0 Å². The van der Waals surface area contributed by atoms with Gasteiger partial charge in [-0.15, -0.1) is 0 Å². The molecule has 0 aliphatic heterocycles. The van der Waals surface area contributed by atoms with Crippen LogP contribution >= 0.6 is 0 Å². The van der Waals surface area contributed by atoms with Gasteiger partial charge in [-0.1, -0.05) is 328 Å². The molecular weight excluding hydrogens is 899 g/mol. The standard InChI is InChI=1S/C67H131NO5/c1-3-5-7-9-11-13-15-17-37-41-45-49-53-57-61-67(72)73-62-58-54-50-46-42-38-35-33-31-29-27-25-23-21-19-18-20-22-24-26-28-30-32-34-36-40-44-48-52-56-60-66(71)68-64(63-69)65(70)59-55-51-47-43-39-16-14-12-10-8-6-4-2/h19,21,64-65,69-70H,3-18,20,22-63H2,1-2H3,(H,68,71)/b21-19-. The first-order valence-corrected chi connectivity index (χ1v) is 33.4. The molecule has 2 unspecified atom stereocenters. The molecule has 434 valence electrons. The molecule has 0 aromatic heterocycles. The zero-order valence-electron chi connectivity index (χ0n) is 49.6. The van der Waals surface area contributed by atoms with E-state index in [1.54, 1.807) is 0 Å². The van der Waals surface area contributed by atoms with Gasteiger partial charge in [0.25, 0.3) is 0 Å². The molecule has 6 heteroatoms. The van der Waals surface area contributed by atoms with Gasteiger partial charge in [0, 0.05) is 12.8 Å². The van der Waals surface area contributed by atoms with Gasteiger partial charge in [0.1, 0.15) is 0 Å². The van der Waals surface area contributed by atoms with Crippen LogP contribution in [-0.2, 0) is 14.3 Å². The van der Waals surface area contributed by atoms with Crippen LogP contribution in [0.3, 0.4) is 0 Å². The fourth-order valence-electron chi connectivity index (χ4n) is 10.7. The first-order valence-electron chi connectivity index (χ1n) is 33.4. The zero-order valence-corrected chi connectivity index (χ0v) is 49.6. The maximum absolute atomic E-state index is 12.5. The molecule has 0 heterocycles. The molecule has 2 atom stereocenters. The van der Waals surface area contributed by atoms with Crippen LogP contribution in [-0.4, -0.2) is 47.4 Å². The maximum Gasteiger partial charge on any atom is 0.305 e. The highest BCUT2D eigenvalue weighted by molar-refractivity contribution is 5.76. The topological polar surface area (TPSA) is 95.9 Å². The van der Waals surface area contributed by atoms with Crippen molar-refractivity contribution in [3.05, 3.63) is 12.2 Å². The summed E-state index contributed by atoms with van der Waals surface area (Å²) in [6.07, 6.45) is 76.8. The van der Waals surface area contributed by atoms with Crippen LogP contribution in [0.5, 0.6) is 0 Å². The molecule has 0 rings (SSSR count). The second-order valence-corrected chi connectivity index (χ2v) is 23.2. The molecule has 0 aliphatic rings. The van der Waals surface area contributed by atoms with Crippen molar-refractivity contribution in [1.82, 2.24) is 5.32 Å². The monoisotopic (exact) mass is 1030 g/mol. The summed E-state index contributed by atoms with van der Waals surface area (Å²) >= 11 is 0. The van der Waals surface area contributed by atoms with Gasteiger partial charge in [0.2, 0.25) is 5.91 Å². The summed E-state index contributed by atoms with van der Waals surface area (Å²) in [6, 6.07) is -0.538. The van der Waals surface area contributed by atoms with Gasteiger partial charge in [-0.3, -0.25) is 9.59 Å². The van der Waals surface area contributed by atoms with Gasteiger partial charge in [0.05, 0.1) is 25.4 Å². The van der Waals surface area contributed by atoms with Gasteiger partial charge in [0.15, 0.2) is 0 Å². The Kier molecular flexibility index (Phi) is 61.9. The molecule has 73 heavy (non-hydrogen) atoms. The lowest BCUT2D eigenvalue weighted by atomic mass is 10.0. The van der Waals surface area contributed by atoms with Crippen LogP contribution in [0.15, 0.2) is 12.2 Å². The van der Waals surface area contributed by atoms with Crippen molar-refractivity contribution in [2.75, 3.05) is 13.2 Å². The summed E-state index contributed by atoms with van der Waals surface area (Å²) in [5.74, 6) is -0.0118. The SMILES string of the molecule is CCCCCCCCCCCCCCCCC(=O)OCCCCCCCCCCCCCC/C=C\CCCCCCCCCCCCCCCCC(=O)NC(CO)C(O)CCCCCCCCCCCCCC. The van der Waals surface area contributed by atoms with E-state index in [9.17, 15) is 19.8 Å². The van der Waals surface area contributed by atoms with E-state index in [0.717, 1.165) is 38.5 Å². The predicted molar refractivity (Wildman–Crippen MR) is 320 cm³/mol. The highest BCUT2D eigenvalue weighted by atomic mass is 16.5. The van der Waals surface area contributed by atoms with Crippen LogP contribution in [0.4, 0.5) is 0 Å². The highest BCUT2D eigenvalue weighted by Crippen LogP contribution is 2.18. The Morgan fingerprint density at radius 3 is 0.973 bits per heavy atom. The average molecular weight is 1030 g/mol. The van der Waals surface area contributed by atoms with E-state index in [1.165, 1.54) is 308 Å². The minimum absolute atomic E-state index is 0.0201. The van der Waals surface area contributed by atoms with Crippen LogP contribution in [0.2, 0.25) is 0 Å². The smallest absolute Gasteiger partial charge is 0.305 e. The van der Waals surface area contributed by atoms with Crippen LogP contribution in [0.1, 0.15) is 380 Å². The molecule has 0 bridgehead atoms. The van der Waals surface area contributed by atoms with E-state index in [1.807, 2.05) is 0 Å². The van der Waals surface area contributed by atoms with E-state index in [4.69, 9.17) is 4.74 Å². The number of hydrogen-bond acceptors (Lipinski definition) is 5. The summed E-state index contributed by atoms with van der Waals surface area (Å²) < 4.78 is 5.49. The Balaban J connectivity index is 3.33. The fourth-order valence-corrected chi connectivity index (χ4v) is 10.7. The van der Waals surface area contributed by atoms with Crippen molar-refractivity contribution < 1.29 is 24.5 Å². The Hall–Kier alpha value is -1.40. The number of nitrogens with one attached hydrogen (secondary N) is 1. The molecule has 0 spiro atoms. The molecule has 1 amide bonds. The number of carbonyl (C=O) groups is 2. The normalized spacial score (nSPS) is 12.5. The first kappa shape index (κ1) is 71.6. The van der Waals surface area contributed by atoms with Gasteiger partial charge < -0.3 is 20.3 Å². The minimum Gasteiger partial charge on any atom is -0.466 e. The van der Waals surface area contributed by atoms with Crippen molar-refractivity contribution >= 4 is 11.9 Å². The molecule has 0 aromatic rings. The summed E-state index contributed by atoms with van der Waals surface area (Å²) in [6.45, 7) is 4.98. The van der Waals surface area contributed by atoms with Crippen LogP contribution in [0, 0.1) is 0 Å². The van der Waals surface area contributed by atoms with E-state index in [0.29, 0.717) is 25.9 Å². The molecule has 0 aromatic carbocycles. The quantitative estimate of drug-likeness (QED) is 0.0320. The fraction of sp³-hybridized carbons (Fsp3) is 0.940. The third-order valence-electron chi connectivity index (χ3n) is 15.8. The molecule has 0 saturated heterocycles. The lowest BCUT2D eigenvalue weighted by Gasteiger charge is -2.22. The Labute approximate surface area is 457 Å². The Morgan fingerprint density at radius 2 is 0.644 bits per heavy atom. The van der Waals surface area contributed by atoms with Gasteiger partial charge in [-0.05, 0) is 51.4 Å². The van der Waals surface area contributed by atoms with Gasteiger partial charge in [-0.2, -0.15) is 0 Å². The molecule has 6 nitrogen and oxygen atoms in total. The lowest BCUT2D eigenvalue weighted by Crippen LogP contribution is -2.45. The number of ether oxygens (including phenoxy) is 1.